The zero-order valence-electron chi connectivity index (χ0n) is 14.4. The molecule has 0 aromatic heterocycles. The van der Waals surface area contributed by atoms with Gasteiger partial charge >= 0.3 is 12.1 Å². The van der Waals surface area contributed by atoms with E-state index < -0.39 is 24.6 Å². The fraction of sp³-hybridized carbons (Fsp3) is 0.471. The Kier molecular flexibility index (Phi) is 7.23. The van der Waals surface area contributed by atoms with Gasteiger partial charge < -0.3 is 14.2 Å². The van der Waals surface area contributed by atoms with E-state index in [1.165, 1.54) is 0 Å². The maximum absolute atomic E-state index is 11.6. The van der Waals surface area contributed by atoms with Gasteiger partial charge in [-0.25, -0.2) is 9.59 Å². The van der Waals surface area contributed by atoms with Crippen molar-refractivity contribution in [2.24, 2.45) is 0 Å². The van der Waals surface area contributed by atoms with Gasteiger partial charge in [0.25, 0.3) is 5.91 Å². The van der Waals surface area contributed by atoms with Crippen LogP contribution in [0.2, 0.25) is 0 Å². The molecule has 1 aromatic rings. The molecule has 1 rings (SSSR count). The molecule has 0 aliphatic carbocycles. The molecular formula is C17H23NO6. The summed E-state index contributed by atoms with van der Waals surface area (Å²) in [7, 11) is 0. The first kappa shape index (κ1) is 19.5. The molecule has 0 aliphatic heterocycles. The van der Waals surface area contributed by atoms with Crippen molar-refractivity contribution < 1.29 is 28.6 Å². The number of hydrogen-bond acceptors (Lipinski definition) is 6. The van der Waals surface area contributed by atoms with Crippen molar-refractivity contribution in [2.45, 2.75) is 33.1 Å². The molecule has 0 fully saturated rings. The number of esters is 1. The van der Waals surface area contributed by atoms with Crippen LogP contribution >= 0.6 is 0 Å². The normalized spacial score (nSPS) is 10.7. The van der Waals surface area contributed by atoms with Gasteiger partial charge in [0.15, 0.2) is 13.2 Å². The Hall–Kier alpha value is -2.57. The van der Waals surface area contributed by atoms with Crippen LogP contribution in [0.15, 0.2) is 24.3 Å². The summed E-state index contributed by atoms with van der Waals surface area (Å²) < 4.78 is 14.8. The number of alkyl carbamates (subject to hydrolysis) is 1. The highest BCUT2D eigenvalue weighted by Crippen LogP contribution is 2.30. The predicted octanol–water partition coefficient (Wildman–Crippen LogP) is 2.18. The van der Waals surface area contributed by atoms with Gasteiger partial charge in [-0.3, -0.25) is 10.1 Å². The molecule has 0 saturated carbocycles. The number of carbonyl (C=O) groups excluding carboxylic acids is 3. The Balaban J connectivity index is 2.45. The van der Waals surface area contributed by atoms with Gasteiger partial charge in [-0.15, -0.1) is 0 Å². The lowest BCUT2D eigenvalue weighted by Crippen LogP contribution is -2.35. The molecule has 1 N–H and O–H groups in total. The first-order valence-corrected chi connectivity index (χ1v) is 7.58. The van der Waals surface area contributed by atoms with Gasteiger partial charge in [-0.2, -0.15) is 0 Å². The van der Waals surface area contributed by atoms with Gasteiger partial charge in [0.2, 0.25) is 0 Å². The zero-order valence-corrected chi connectivity index (χ0v) is 14.4. The standard InChI is InChI=1S/C17H23NO6/c1-5-22-16(21)18-14(19)10-24-15(20)11-23-13-9-7-6-8-12(13)17(2,3)4/h6-9H,5,10-11H2,1-4H3,(H,18,19,21). The van der Waals surface area contributed by atoms with E-state index in [0.29, 0.717) is 5.75 Å². The Morgan fingerprint density at radius 1 is 1.04 bits per heavy atom. The van der Waals surface area contributed by atoms with Crippen molar-refractivity contribution in [1.29, 1.82) is 0 Å². The van der Waals surface area contributed by atoms with Gasteiger partial charge in [0.05, 0.1) is 6.61 Å². The van der Waals surface area contributed by atoms with Gasteiger partial charge in [0, 0.05) is 0 Å². The van der Waals surface area contributed by atoms with E-state index in [2.05, 4.69) is 4.74 Å². The number of para-hydroxylation sites is 1. The molecule has 0 saturated heterocycles. The molecule has 0 aliphatic rings. The second-order valence-corrected chi connectivity index (χ2v) is 5.96. The molecule has 0 bridgehead atoms. The van der Waals surface area contributed by atoms with Crippen molar-refractivity contribution >= 4 is 18.0 Å². The third-order valence-corrected chi connectivity index (χ3v) is 2.92. The Morgan fingerprint density at radius 2 is 1.71 bits per heavy atom. The molecule has 7 nitrogen and oxygen atoms in total. The Labute approximate surface area is 141 Å². The Bertz CT molecular complexity index is 591. The van der Waals surface area contributed by atoms with Crippen LogP contribution in [-0.2, 0) is 24.5 Å². The largest absolute Gasteiger partial charge is 0.482 e. The van der Waals surface area contributed by atoms with Gasteiger partial charge in [-0.05, 0) is 24.0 Å². The summed E-state index contributed by atoms with van der Waals surface area (Å²) in [4.78, 5) is 34.0. The van der Waals surface area contributed by atoms with Crippen molar-refractivity contribution in [3.8, 4) is 5.75 Å². The van der Waals surface area contributed by atoms with Crippen LogP contribution in [0.4, 0.5) is 4.79 Å². The predicted molar refractivity (Wildman–Crippen MR) is 86.8 cm³/mol. The van der Waals surface area contributed by atoms with Crippen LogP contribution in [0.5, 0.6) is 5.75 Å². The summed E-state index contributed by atoms with van der Waals surface area (Å²) in [5, 5.41) is 1.92. The van der Waals surface area contributed by atoms with Gasteiger partial charge in [0.1, 0.15) is 5.75 Å². The van der Waals surface area contributed by atoms with Crippen molar-refractivity contribution in [1.82, 2.24) is 5.32 Å². The molecule has 7 heteroatoms. The fourth-order valence-corrected chi connectivity index (χ4v) is 1.85. The first-order valence-electron chi connectivity index (χ1n) is 7.58. The quantitative estimate of drug-likeness (QED) is 0.800. The summed E-state index contributed by atoms with van der Waals surface area (Å²) in [5.41, 5.74) is 0.817. The first-order chi connectivity index (χ1) is 11.2. The molecule has 0 radical (unpaired) electrons. The van der Waals surface area contributed by atoms with E-state index >= 15 is 0 Å². The SMILES string of the molecule is CCOC(=O)NC(=O)COC(=O)COc1ccccc1C(C)(C)C. The summed E-state index contributed by atoms with van der Waals surface area (Å²) in [6, 6.07) is 7.39. The van der Waals surface area contributed by atoms with E-state index in [0.717, 1.165) is 5.56 Å². The lowest BCUT2D eigenvalue weighted by Gasteiger charge is -2.22. The number of imide groups is 1. The minimum absolute atomic E-state index is 0.139. The number of ether oxygens (including phenoxy) is 3. The highest BCUT2D eigenvalue weighted by atomic mass is 16.6. The van der Waals surface area contributed by atoms with E-state index in [1.807, 2.05) is 44.3 Å². The Morgan fingerprint density at radius 3 is 2.33 bits per heavy atom. The molecule has 0 heterocycles. The molecule has 132 valence electrons. The van der Waals surface area contributed by atoms with Crippen molar-refractivity contribution in [3.05, 3.63) is 29.8 Å². The zero-order chi connectivity index (χ0) is 18.2. The maximum atomic E-state index is 11.6. The van der Waals surface area contributed by atoms with Crippen LogP contribution in [0.25, 0.3) is 0 Å². The average molecular weight is 337 g/mol. The number of amides is 2. The summed E-state index contributed by atoms with van der Waals surface area (Å²) in [6.07, 6.45) is -0.881. The molecular weight excluding hydrogens is 314 g/mol. The number of hydrogen-bond donors (Lipinski definition) is 1. The highest BCUT2D eigenvalue weighted by Gasteiger charge is 2.19. The average Bonchev–Trinajstić information content (AvgIpc) is 2.50. The number of benzene rings is 1. The summed E-state index contributed by atoms with van der Waals surface area (Å²) in [6.45, 7) is 6.94. The second-order valence-electron chi connectivity index (χ2n) is 5.96. The minimum atomic E-state index is -0.881. The second kappa shape index (κ2) is 8.90. The third kappa shape index (κ3) is 6.68. The topological polar surface area (TPSA) is 90.9 Å². The monoisotopic (exact) mass is 337 g/mol. The summed E-state index contributed by atoms with van der Waals surface area (Å²) >= 11 is 0. The minimum Gasteiger partial charge on any atom is -0.482 e. The van der Waals surface area contributed by atoms with Crippen molar-refractivity contribution in [2.75, 3.05) is 19.8 Å². The lowest BCUT2D eigenvalue weighted by atomic mass is 9.86. The fourth-order valence-electron chi connectivity index (χ4n) is 1.85. The molecule has 24 heavy (non-hydrogen) atoms. The highest BCUT2D eigenvalue weighted by molar-refractivity contribution is 5.93. The lowest BCUT2D eigenvalue weighted by molar-refractivity contribution is -0.150. The molecule has 2 amide bonds. The molecule has 0 atom stereocenters. The smallest absolute Gasteiger partial charge is 0.413 e. The van der Waals surface area contributed by atoms with E-state index in [-0.39, 0.29) is 18.6 Å². The van der Waals surface area contributed by atoms with Crippen LogP contribution in [0.1, 0.15) is 33.3 Å². The number of nitrogens with one attached hydrogen (secondary N) is 1. The molecule has 1 aromatic carbocycles. The van der Waals surface area contributed by atoms with Crippen LogP contribution in [0, 0.1) is 0 Å². The number of carbonyl (C=O) groups is 3. The van der Waals surface area contributed by atoms with E-state index in [9.17, 15) is 14.4 Å². The van der Waals surface area contributed by atoms with Crippen LogP contribution in [-0.4, -0.2) is 37.8 Å². The molecule has 0 spiro atoms. The van der Waals surface area contributed by atoms with E-state index in [1.54, 1.807) is 13.0 Å². The number of rotatable bonds is 6. The van der Waals surface area contributed by atoms with Crippen LogP contribution < -0.4 is 10.1 Å². The third-order valence-electron chi connectivity index (χ3n) is 2.92. The van der Waals surface area contributed by atoms with Crippen molar-refractivity contribution in [3.63, 3.8) is 0 Å². The maximum Gasteiger partial charge on any atom is 0.413 e. The molecule has 0 unspecified atom stereocenters. The summed E-state index contributed by atoms with van der Waals surface area (Å²) in [5.74, 6) is -0.896. The van der Waals surface area contributed by atoms with Gasteiger partial charge in [-0.1, -0.05) is 39.0 Å². The van der Waals surface area contributed by atoms with Crippen LogP contribution in [0.3, 0.4) is 0 Å². The van der Waals surface area contributed by atoms with E-state index in [4.69, 9.17) is 9.47 Å².